The number of halogens is 2. The molecule has 0 bridgehead atoms. The highest BCUT2D eigenvalue weighted by atomic mass is 79.9. The molecule has 118 valence electrons. The van der Waals surface area contributed by atoms with E-state index in [-0.39, 0.29) is 5.82 Å². The number of benzene rings is 1. The van der Waals surface area contributed by atoms with Gasteiger partial charge in [0, 0.05) is 30.2 Å². The SMILES string of the molecule is CN=C(NCc1cc(F)cc(Br)c1)NCc1c(C)noc1C. The van der Waals surface area contributed by atoms with Gasteiger partial charge in [-0.2, -0.15) is 0 Å². The van der Waals surface area contributed by atoms with Crippen molar-refractivity contribution in [2.24, 2.45) is 4.99 Å². The first-order valence-corrected chi connectivity index (χ1v) is 7.60. The summed E-state index contributed by atoms with van der Waals surface area (Å²) in [6.45, 7) is 4.80. The van der Waals surface area contributed by atoms with E-state index in [2.05, 4.69) is 36.7 Å². The topological polar surface area (TPSA) is 62.5 Å². The number of nitrogens with zero attached hydrogens (tertiary/aromatic N) is 2. The van der Waals surface area contributed by atoms with Crippen molar-refractivity contribution < 1.29 is 8.91 Å². The van der Waals surface area contributed by atoms with Crippen molar-refractivity contribution in [2.45, 2.75) is 26.9 Å². The zero-order chi connectivity index (χ0) is 16.1. The van der Waals surface area contributed by atoms with E-state index in [0.717, 1.165) is 22.6 Å². The Morgan fingerprint density at radius 2 is 2.00 bits per heavy atom. The molecule has 1 aromatic heterocycles. The summed E-state index contributed by atoms with van der Waals surface area (Å²) in [5.74, 6) is 1.14. The molecule has 0 amide bonds. The molecule has 2 aromatic rings. The third-order valence-corrected chi connectivity index (χ3v) is 3.68. The van der Waals surface area contributed by atoms with Crippen molar-refractivity contribution in [1.82, 2.24) is 15.8 Å². The lowest BCUT2D eigenvalue weighted by Gasteiger charge is -2.12. The summed E-state index contributed by atoms with van der Waals surface area (Å²) in [6.07, 6.45) is 0. The molecule has 0 fully saturated rings. The van der Waals surface area contributed by atoms with E-state index in [9.17, 15) is 4.39 Å². The highest BCUT2D eigenvalue weighted by Crippen LogP contribution is 2.15. The highest BCUT2D eigenvalue weighted by Gasteiger charge is 2.09. The maximum absolute atomic E-state index is 13.3. The fraction of sp³-hybridized carbons (Fsp3) is 0.333. The van der Waals surface area contributed by atoms with Gasteiger partial charge in [0.15, 0.2) is 5.96 Å². The summed E-state index contributed by atoms with van der Waals surface area (Å²) >= 11 is 3.28. The Bertz CT molecular complexity index is 644. The third kappa shape index (κ3) is 4.30. The Morgan fingerprint density at radius 1 is 1.27 bits per heavy atom. The first-order chi connectivity index (χ1) is 10.5. The van der Waals surface area contributed by atoms with Gasteiger partial charge in [-0.05, 0) is 37.6 Å². The molecular formula is C15H18BrFN4O. The number of hydrogen-bond donors (Lipinski definition) is 2. The standard InChI is InChI=1S/C15H18BrFN4O/c1-9-14(10(2)22-21-9)8-20-15(18-3)19-7-11-4-12(16)6-13(17)5-11/h4-6H,7-8H2,1-3H3,(H2,18,19,20). The Balaban J connectivity index is 1.93. The van der Waals surface area contributed by atoms with Crippen LogP contribution in [-0.2, 0) is 13.1 Å². The maximum Gasteiger partial charge on any atom is 0.191 e. The second-order valence-electron chi connectivity index (χ2n) is 4.86. The van der Waals surface area contributed by atoms with Crippen LogP contribution in [0.15, 0.2) is 32.2 Å². The van der Waals surface area contributed by atoms with E-state index in [1.807, 2.05) is 19.9 Å². The van der Waals surface area contributed by atoms with Gasteiger partial charge in [0.05, 0.1) is 5.69 Å². The van der Waals surface area contributed by atoms with Crippen LogP contribution in [0.25, 0.3) is 0 Å². The molecule has 2 N–H and O–H groups in total. The molecule has 22 heavy (non-hydrogen) atoms. The Hall–Kier alpha value is -1.89. The number of nitrogens with one attached hydrogen (secondary N) is 2. The molecule has 0 unspecified atom stereocenters. The number of aliphatic imine (C=N–C) groups is 1. The second-order valence-corrected chi connectivity index (χ2v) is 5.78. The third-order valence-electron chi connectivity index (χ3n) is 3.22. The molecule has 1 heterocycles. The molecule has 0 aliphatic heterocycles. The van der Waals surface area contributed by atoms with E-state index in [1.54, 1.807) is 7.05 Å². The number of guanidine groups is 1. The van der Waals surface area contributed by atoms with Gasteiger partial charge < -0.3 is 15.2 Å². The van der Waals surface area contributed by atoms with Crippen LogP contribution >= 0.6 is 15.9 Å². The first-order valence-electron chi connectivity index (χ1n) is 6.81. The highest BCUT2D eigenvalue weighted by molar-refractivity contribution is 9.10. The van der Waals surface area contributed by atoms with Crippen molar-refractivity contribution in [3.63, 3.8) is 0 Å². The van der Waals surface area contributed by atoms with Crippen molar-refractivity contribution >= 4 is 21.9 Å². The second kappa shape index (κ2) is 7.40. The minimum atomic E-state index is -0.273. The van der Waals surface area contributed by atoms with Crippen LogP contribution in [0.1, 0.15) is 22.6 Å². The average molecular weight is 369 g/mol. The molecule has 0 saturated heterocycles. The summed E-state index contributed by atoms with van der Waals surface area (Å²) in [5, 5.41) is 10.2. The normalized spacial score (nSPS) is 11.6. The van der Waals surface area contributed by atoms with E-state index in [0.29, 0.717) is 23.5 Å². The minimum absolute atomic E-state index is 0.273. The van der Waals surface area contributed by atoms with Crippen LogP contribution in [0, 0.1) is 19.7 Å². The molecule has 0 atom stereocenters. The van der Waals surface area contributed by atoms with Crippen LogP contribution in [0.4, 0.5) is 4.39 Å². The minimum Gasteiger partial charge on any atom is -0.361 e. The average Bonchev–Trinajstić information content (AvgIpc) is 2.77. The molecular weight excluding hydrogens is 351 g/mol. The molecule has 7 heteroatoms. The van der Waals surface area contributed by atoms with Gasteiger partial charge in [-0.3, -0.25) is 4.99 Å². The first kappa shape index (κ1) is 16.5. The molecule has 0 saturated carbocycles. The Labute approximate surface area is 137 Å². The van der Waals surface area contributed by atoms with E-state index in [1.165, 1.54) is 12.1 Å². The van der Waals surface area contributed by atoms with Crippen molar-refractivity contribution in [3.8, 4) is 0 Å². The summed E-state index contributed by atoms with van der Waals surface area (Å²) in [6, 6.07) is 4.77. The van der Waals surface area contributed by atoms with Crippen molar-refractivity contribution in [3.05, 3.63) is 51.1 Å². The fourth-order valence-electron chi connectivity index (χ4n) is 2.05. The molecule has 5 nitrogen and oxygen atoms in total. The molecule has 0 spiro atoms. The summed E-state index contributed by atoms with van der Waals surface area (Å²) in [4.78, 5) is 4.14. The predicted molar refractivity (Wildman–Crippen MR) is 87.1 cm³/mol. The summed E-state index contributed by atoms with van der Waals surface area (Å²) in [5.41, 5.74) is 2.69. The fourth-order valence-corrected chi connectivity index (χ4v) is 2.56. The Morgan fingerprint density at radius 3 is 2.59 bits per heavy atom. The number of hydrogen-bond acceptors (Lipinski definition) is 3. The number of aromatic nitrogens is 1. The van der Waals surface area contributed by atoms with E-state index < -0.39 is 0 Å². The molecule has 0 radical (unpaired) electrons. The lowest BCUT2D eigenvalue weighted by atomic mass is 10.2. The van der Waals surface area contributed by atoms with Gasteiger partial charge in [-0.25, -0.2) is 4.39 Å². The molecule has 0 aliphatic rings. The Kier molecular flexibility index (Phi) is 5.54. The quantitative estimate of drug-likeness (QED) is 0.642. The zero-order valence-electron chi connectivity index (χ0n) is 12.7. The molecule has 1 aromatic carbocycles. The van der Waals surface area contributed by atoms with Gasteiger partial charge in [0.25, 0.3) is 0 Å². The molecule has 0 aliphatic carbocycles. The monoisotopic (exact) mass is 368 g/mol. The van der Waals surface area contributed by atoms with Gasteiger partial charge in [0.1, 0.15) is 11.6 Å². The zero-order valence-corrected chi connectivity index (χ0v) is 14.3. The van der Waals surface area contributed by atoms with E-state index in [4.69, 9.17) is 4.52 Å². The van der Waals surface area contributed by atoms with Crippen molar-refractivity contribution in [1.29, 1.82) is 0 Å². The van der Waals surface area contributed by atoms with Crippen molar-refractivity contribution in [2.75, 3.05) is 7.05 Å². The van der Waals surface area contributed by atoms with Gasteiger partial charge >= 0.3 is 0 Å². The summed E-state index contributed by atoms with van der Waals surface area (Å²) in [7, 11) is 1.68. The maximum atomic E-state index is 13.3. The molecule has 2 rings (SSSR count). The van der Waals surface area contributed by atoms with Gasteiger partial charge in [0.2, 0.25) is 0 Å². The number of aryl methyl sites for hydroxylation is 2. The summed E-state index contributed by atoms with van der Waals surface area (Å²) < 4.78 is 19.2. The van der Waals surface area contributed by atoms with Crippen LogP contribution in [0.2, 0.25) is 0 Å². The number of rotatable bonds is 4. The van der Waals surface area contributed by atoms with Crippen LogP contribution < -0.4 is 10.6 Å². The van der Waals surface area contributed by atoms with E-state index >= 15 is 0 Å². The van der Waals surface area contributed by atoms with Crippen LogP contribution in [-0.4, -0.2) is 18.2 Å². The lowest BCUT2D eigenvalue weighted by Crippen LogP contribution is -2.36. The van der Waals surface area contributed by atoms with Gasteiger partial charge in [-0.15, -0.1) is 0 Å². The smallest absolute Gasteiger partial charge is 0.191 e. The van der Waals surface area contributed by atoms with Gasteiger partial charge in [-0.1, -0.05) is 21.1 Å². The van der Waals surface area contributed by atoms with Crippen LogP contribution in [0.3, 0.4) is 0 Å². The predicted octanol–water partition coefficient (Wildman–Crippen LogP) is 3.06. The largest absolute Gasteiger partial charge is 0.361 e. The lowest BCUT2D eigenvalue weighted by molar-refractivity contribution is 0.392. The van der Waals surface area contributed by atoms with Crippen LogP contribution in [0.5, 0.6) is 0 Å².